The summed E-state index contributed by atoms with van der Waals surface area (Å²) in [5.74, 6) is 2.49. The molecule has 0 bridgehead atoms. The molecule has 0 aliphatic rings. The third-order valence-corrected chi connectivity index (χ3v) is 6.55. The fourth-order valence-electron chi connectivity index (χ4n) is 2.28. The van der Waals surface area contributed by atoms with Gasteiger partial charge in [-0.1, -0.05) is 55.4 Å². The fraction of sp³-hybridized carbons (Fsp3) is 1.00. The van der Waals surface area contributed by atoms with Gasteiger partial charge in [0.1, 0.15) is 0 Å². The van der Waals surface area contributed by atoms with E-state index in [2.05, 4.69) is 48.5 Å². The molecule has 0 heterocycles. The van der Waals surface area contributed by atoms with Crippen molar-refractivity contribution in [2.24, 2.45) is 35.5 Å². The monoisotopic (exact) mass is 306 g/mol. The maximum atomic E-state index is 12.2. The molecule has 0 fully saturated rings. The van der Waals surface area contributed by atoms with Gasteiger partial charge in [-0.2, -0.15) is 0 Å². The second-order valence-electron chi connectivity index (χ2n) is 7.28. The molecule has 20 heavy (non-hydrogen) atoms. The van der Waals surface area contributed by atoms with Crippen LogP contribution in [-0.2, 0) is 9.09 Å². The Kier molecular flexibility index (Phi) is 8.62. The predicted molar refractivity (Wildman–Crippen MR) is 87.0 cm³/mol. The van der Waals surface area contributed by atoms with Gasteiger partial charge in [-0.15, -0.1) is 0 Å². The summed E-state index contributed by atoms with van der Waals surface area (Å²) in [5, 5.41) is 0. The highest BCUT2D eigenvalue weighted by Gasteiger charge is 2.28. The van der Waals surface area contributed by atoms with Crippen molar-refractivity contribution < 1.29 is 14.0 Å². The zero-order valence-electron chi connectivity index (χ0n) is 14.6. The molecule has 0 saturated carbocycles. The third-order valence-electron chi connectivity index (χ3n) is 4.96. The lowest BCUT2D eigenvalue weighted by molar-refractivity contribution is 0.165. The van der Waals surface area contributed by atoms with Crippen molar-refractivity contribution in [3.05, 3.63) is 0 Å². The van der Waals surface area contributed by atoms with E-state index in [9.17, 15) is 9.46 Å². The smallest absolute Gasteiger partial charge is 0.324 e. The first kappa shape index (κ1) is 20.1. The molecule has 122 valence electrons. The van der Waals surface area contributed by atoms with E-state index in [1.165, 1.54) is 0 Å². The van der Waals surface area contributed by atoms with Crippen LogP contribution in [-0.4, -0.2) is 17.7 Å². The molecule has 4 heteroatoms. The number of rotatable bonds is 9. The Hall–Kier alpha value is 0.150. The summed E-state index contributed by atoms with van der Waals surface area (Å²) in [5.41, 5.74) is 0. The van der Waals surface area contributed by atoms with E-state index in [1.54, 1.807) is 0 Å². The van der Waals surface area contributed by atoms with Crippen LogP contribution in [0.5, 0.6) is 0 Å². The molecular formula is C16H35O3P. The van der Waals surface area contributed by atoms with E-state index >= 15 is 0 Å². The van der Waals surface area contributed by atoms with E-state index in [1.807, 2.05) is 6.92 Å². The van der Waals surface area contributed by atoms with Gasteiger partial charge in [0.2, 0.25) is 0 Å². The molecule has 0 amide bonds. The summed E-state index contributed by atoms with van der Waals surface area (Å²) >= 11 is 0. The van der Waals surface area contributed by atoms with Gasteiger partial charge in [0.25, 0.3) is 0 Å². The second kappa shape index (κ2) is 8.56. The van der Waals surface area contributed by atoms with E-state index in [0.29, 0.717) is 36.2 Å². The summed E-state index contributed by atoms with van der Waals surface area (Å²) < 4.78 is 17.6. The minimum Gasteiger partial charge on any atom is -0.324 e. The lowest BCUT2D eigenvalue weighted by Crippen LogP contribution is -2.21. The second-order valence-corrected chi connectivity index (χ2v) is 9.17. The van der Waals surface area contributed by atoms with Gasteiger partial charge >= 0.3 is 7.60 Å². The number of hydrogen-bond donors (Lipinski definition) is 1. The lowest BCUT2D eigenvalue weighted by Gasteiger charge is -2.27. The Labute approximate surface area is 126 Å². The first-order valence-corrected chi connectivity index (χ1v) is 9.70. The van der Waals surface area contributed by atoms with Crippen LogP contribution in [0.4, 0.5) is 0 Å². The molecule has 0 aromatic rings. The Morgan fingerprint density at radius 2 is 1.25 bits per heavy atom. The van der Waals surface area contributed by atoms with Crippen LogP contribution >= 0.6 is 7.60 Å². The highest BCUT2D eigenvalue weighted by Crippen LogP contribution is 2.46. The Bertz CT molecular complexity index is 315. The van der Waals surface area contributed by atoms with Gasteiger partial charge < -0.3 is 9.42 Å². The van der Waals surface area contributed by atoms with Crippen molar-refractivity contribution in [1.29, 1.82) is 0 Å². The van der Waals surface area contributed by atoms with E-state index in [4.69, 9.17) is 4.52 Å². The minimum atomic E-state index is -3.47. The molecule has 0 aliphatic heterocycles. The van der Waals surface area contributed by atoms with Crippen molar-refractivity contribution in [1.82, 2.24) is 0 Å². The van der Waals surface area contributed by atoms with Crippen LogP contribution in [0.2, 0.25) is 0 Å². The highest BCUT2D eigenvalue weighted by molar-refractivity contribution is 7.52. The van der Waals surface area contributed by atoms with E-state index in [-0.39, 0.29) is 12.1 Å². The Morgan fingerprint density at radius 3 is 1.65 bits per heavy atom. The highest BCUT2D eigenvalue weighted by atomic mass is 31.2. The zero-order chi connectivity index (χ0) is 16.1. The minimum absolute atomic E-state index is 0.198. The van der Waals surface area contributed by atoms with Crippen LogP contribution in [0.25, 0.3) is 0 Å². The summed E-state index contributed by atoms with van der Waals surface area (Å²) in [6, 6.07) is 0. The van der Waals surface area contributed by atoms with Gasteiger partial charge in [0.15, 0.2) is 0 Å². The largest absolute Gasteiger partial charge is 0.328 e. The quantitative estimate of drug-likeness (QED) is 0.607. The normalized spacial score (nSPS) is 21.6. The summed E-state index contributed by atoms with van der Waals surface area (Å²) in [6.45, 7) is 17.5. The molecule has 5 atom stereocenters. The molecule has 0 aliphatic carbocycles. The van der Waals surface area contributed by atoms with Crippen LogP contribution in [0.15, 0.2) is 0 Å². The molecule has 0 spiro atoms. The molecule has 3 nitrogen and oxygen atoms in total. The summed E-state index contributed by atoms with van der Waals surface area (Å²) in [6.07, 6.45) is 0.259. The maximum absolute atomic E-state index is 12.2. The van der Waals surface area contributed by atoms with Gasteiger partial charge in [-0.25, -0.2) is 0 Å². The van der Waals surface area contributed by atoms with Crippen molar-refractivity contribution >= 4 is 7.60 Å². The fourth-order valence-corrected chi connectivity index (χ4v) is 3.92. The summed E-state index contributed by atoms with van der Waals surface area (Å²) in [4.78, 5) is 10.0. The van der Waals surface area contributed by atoms with Crippen molar-refractivity contribution in [3.63, 3.8) is 0 Å². The molecular weight excluding hydrogens is 271 g/mol. The Balaban J connectivity index is 4.36. The molecule has 0 saturated heterocycles. The lowest BCUT2D eigenvalue weighted by atomic mass is 9.87. The molecule has 0 aromatic carbocycles. The first-order chi connectivity index (χ1) is 8.98. The van der Waals surface area contributed by atoms with Crippen molar-refractivity contribution in [2.75, 3.05) is 12.8 Å². The SMILES string of the molecule is CC(C)C(C)C(C)COP(=O)(O)CC(C)C(C)C(C)C. The Morgan fingerprint density at radius 1 is 0.850 bits per heavy atom. The van der Waals surface area contributed by atoms with E-state index in [0.717, 1.165) is 0 Å². The predicted octanol–water partition coefficient (Wildman–Crippen LogP) is 5.04. The van der Waals surface area contributed by atoms with Crippen LogP contribution < -0.4 is 0 Å². The molecule has 1 N–H and O–H groups in total. The van der Waals surface area contributed by atoms with Crippen LogP contribution in [0, 0.1) is 35.5 Å². The average molecular weight is 306 g/mol. The standard InChI is InChI=1S/C16H35O3P/c1-11(2)15(7)13(5)9-19-20(17,18)10-14(6)16(8)12(3)4/h11-16H,9-10H2,1-8H3,(H,17,18). The van der Waals surface area contributed by atoms with Gasteiger partial charge in [0, 0.05) is 0 Å². The van der Waals surface area contributed by atoms with Gasteiger partial charge in [-0.05, 0) is 35.5 Å². The molecule has 0 rings (SSSR count). The number of hydrogen-bond acceptors (Lipinski definition) is 2. The van der Waals surface area contributed by atoms with Gasteiger partial charge in [0.05, 0.1) is 12.8 Å². The molecule has 5 unspecified atom stereocenters. The third kappa shape index (κ3) is 7.24. The van der Waals surface area contributed by atoms with Crippen LogP contribution in [0.1, 0.15) is 55.4 Å². The molecule has 0 aromatic heterocycles. The average Bonchev–Trinajstić information content (AvgIpc) is 2.33. The topological polar surface area (TPSA) is 46.5 Å². The van der Waals surface area contributed by atoms with Crippen molar-refractivity contribution in [2.45, 2.75) is 55.4 Å². The molecule has 0 radical (unpaired) electrons. The maximum Gasteiger partial charge on any atom is 0.328 e. The first-order valence-electron chi connectivity index (χ1n) is 7.94. The zero-order valence-corrected chi connectivity index (χ0v) is 15.5. The van der Waals surface area contributed by atoms with E-state index < -0.39 is 7.60 Å². The van der Waals surface area contributed by atoms with Gasteiger partial charge in [-0.3, -0.25) is 4.57 Å². The van der Waals surface area contributed by atoms with Crippen LogP contribution in [0.3, 0.4) is 0 Å². The van der Waals surface area contributed by atoms with Crippen molar-refractivity contribution in [3.8, 4) is 0 Å². The summed E-state index contributed by atoms with van der Waals surface area (Å²) in [7, 11) is -3.47.